The quantitative estimate of drug-likeness (QED) is 0.600. The first kappa shape index (κ1) is 17.4. The van der Waals surface area contributed by atoms with Gasteiger partial charge in [-0.3, -0.25) is 0 Å². The van der Waals surface area contributed by atoms with Gasteiger partial charge in [0.05, 0.1) is 6.61 Å². The van der Waals surface area contributed by atoms with Gasteiger partial charge < -0.3 is 9.84 Å². The van der Waals surface area contributed by atoms with Crippen molar-refractivity contribution in [3.63, 3.8) is 0 Å². The van der Waals surface area contributed by atoms with E-state index in [1.54, 1.807) is 0 Å². The topological polar surface area (TPSA) is 29.5 Å². The number of aliphatic hydroxyl groups excluding tert-OH is 1. The highest BCUT2D eigenvalue weighted by Crippen LogP contribution is 2.32. The second-order valence-corrected chi connectivity index (χ2v) is 6.18. The summed E-state index contributed by atoms with van der Waals surface area (Å²) in [6.07, 6.45) is 0.668. The highest BCUT2D eigenvalue weighted by Gasteiger charge is 2.11. The van der Waals surface area contributed by atoms with Gasteiger partial charge >= 0.3 is 0 Å². The van der Waals surface area contributed by atoms with Gasteiger partial charge in [-0.25, -0.2) is 0 Å². The van der Waals surface area contributed by atoms with E-state index in [9.17, 15) is 0 Å². The smallest absolute Gasteiger partial charge is 0.0725 e. The molecule has 0 aliphatic heterocycles. The zero-order valence-corrected chi connectivity index (χ0v) is 14.6. The van der Waals surface area contributed by atoms with Crippen molar-refractivity contribution in [2.75, 3.05) is 13.2 Å². The van der Waals surface area contributed by atoms with Gasteiger partial charge in [0.2, 0.25) is 0 Å². The third-order valence-electron chi connectivity index (χ3n) is 4.36. The minimum atomic E-state index is 0.164. The molecule has 0 aliphatic carbocycles. The summed E-state index contributed by atoms with van der Waals surface area (Å²) in [5.41, 5.74) is 7.28. The molecule has 3 aromatic rings. The van der Waals surface area contributed by atoms with Gasteiger partial charge in [0.15, 0.2) is 0 Å². The molecule has 0 saturated carbocycles. The monoisotopic (exact) mass is 332 g/mol. The lowest BCUT2D eigenvalue weighted by atomic mass is 9.91. The largest absolute Gasteiger partial charge is 0.396 e. The number of aryl methyl sites for hydroxylation is 1. The van der Waals surface area contributed by atoms with E-state index in [4.69, 9.17) is 9.84 Å². The first-order chi connectivity index (χ1) is 12.3. The molecule has 0 atom stereocenters. The Morgan fingerprint density at radius 3 is 2.08 bits per heavy atom. The second kappa shape index (κ2) is 8.61. The molecule has 25 heavy (non-hydrogen) atoms. The fourth-order valence-corrected chi connectivity index (χ4v) is 3.02. The molecule has 0 spiro atoms. The third kappa shape index (κ3) is 4.36. The van der Waals surface area contributed by atoms with Crippen molar-refractivity contribution in [3.05, 3.63) is 83.9 Å². The van der Waals surface area contributed by atoms with Crippen LogP contribution in [-0.4, -0.2) is 18.3 Å². The van der Waals surface area contributed by atoms with Gasteiger partial charge in [0.25, 0.3) is 0 Å². The Kier molecular flexibility index (Phi) is 5.99. The summed E-state index contributed by atoms with van der Waals surface area (Å²) in [6.45, 7) is 3.44. The van der Waals surface area contributed by atoms with E-state index in [0.717, 1.165) is 0 Å². The summed E-state index contributed by atoms with van der Waals surface area (Å²) in [5.74, 6) is 0. The van der Waals surface area contributed by atoms with Gasteiger partial charge in [0.1, 0.15) is 0 Å². The molecule has 3 aromatic carbocycles. The maximum absolute atomic E-state index is 8.93. The molecule has 0 bridgehead atoms. The Balaban J connectivity index is 2.02. The number of aliphatic hydroxyl groups is 1. The van der Waals surface area contributed by atoms with Gasteiger partial charge in [-0.1, -0.05) is 66.7 Å². The van der Waals surface area contributed by atoms with Crippen molar-refractivity contribution in [3.8, 4) is 22.3 Å². The number of rotatable bonds is 7. The van der Waals surface area contributed by atoms with Gasteiger partial charge in [-0.05, 0) is 52.8 Å². The Hall–Kier alpha value is -2.42. The molecule has 0 heterocycles. The van der Waals surface area contributed by atoms with Crippen LogP contribution >= 0.6 is 0 Å². The average molecular weight is 332 g/mol. The van der Waals surface area contributed by atoms with Crippen LogP contribution < -0.4 is 0 Å². The van der Waals surface area contributed by atoms with Crippen LogP contribution in [0.5, 0.6) is 0 Å². The molecule has 0 unspecified atom stereocenters. The van der Waals surface area contributed by atoms with Crippen LogP contribution in [0.1, 0.15) is 17.5 Å². The van der Waals surface area contributed by atoms with E-state index < -0.39 is 0 Å². The second-order valence-electron chi connectivity index (χ2n) is 6.18. The molecule has 0 fully saturated rings. The Bertz CT molecular complexity index is 795. The standard InChI is InChI=1S/C23H24O2/c1-18-15-21(19-9-4-2-5-10-19)16-22(20-11-6-3-7-12-20)23(18)17-25-14-8-13-24/h2-7,9-12,15-16,24H,8,13-14,17H2,1H3. The molecule has 0 radical (unpaired) electrons. The van der Waals surface area contributed by atoms with Gasteiger partial charge in [-0.15, -0.1) is 0 Å². The van der Waals surface area contributed by atoms with E-state index in [-0.39, 0.29) is 6.61 Å². The molecule has 0 amide bonds. The first-order valence-corrected chi connectivity index (χ1v) is 8.72. The summed E-state index contributed by atoms with van der Waals surface area (Å²) >= 11 is 0. The number of ether oxygens (including phenoxy) is 1. The van der Waals surface area contributed by atoms with Crippen LogP contribution in [0.4, 0.5) is 0 Å². The van der Waals surface area contributed by atoms with Crippen LogP contribution in [0.25, 0.3) is 22.3 Å². The molecule has 1 N–H and O–H groups in total. The summed E-state index contributed by atoms with van der Waals surface area (Å²) in [4.78, 5) is 0. The first-order valence-electron chi connectivity index (χ1n) is 8.72. The molecule has 2 heteroatoms. The Morgan fingerprint density at radius 2 is 1.44 bits per heavy atom. The third-order valence-corrected chi connectivity index (χ3v) is 4.36. The fourth-order valence-electron chi connectivity index (χ4n) is 3.02. The fraction of sp³-hybridized carbons (Fsp3) is 0.217. The molecule has 3 rings (SSSR count). The SMILES string of the molecule is Cc1cc(-c2ccccc2)cc(-c2ccccc2)c1COCCCO. The van der Waals surface area contributed by atoms with Crippen LogP contribution in [-0.2, 0) is 11.3 Å². The molecule has 0 aromatic heterocycles. The molecule has 128 valence electrons. The lowest BCUT2D eigenvalue weighted by molar-refractivity contribution is 0.104. The van der Waals surface area contributed by atoms with Crippen molar-refractivity contribution < 1.29 is 9.84 Å². The summed E-state index contributed by atoms with van der Waals surface area (Å²) in [5, 5.41) is 8.93. The molecule has 0 aliphatic rings. The summed E-state index contributed by atoms with van der Waals surface area (Å²) in [6, 6.07) is 25.4. The van der Waals surface area contributed by atoms with E-state index in [0.29, 0.717) is 19.6 Å². The van der Waals surface area contributed by atoms with E-state index in [2.05, 4.69) is 67.6 Å². The average Bonchev–Trinajstić information content (AvgIpc) is 2.67. The van der Waals surface area contributed by atoms with Gasteiger partial charge in [0, 0.05) is 13.2 Å². The molecule has 2 nitrogen and oxygen atoms in total. The number of benzene rings is 3. The molecular formula is C23H24O2. The summed E-state index contributed by atoms with van der Waals surface area (Å²) in [7, 11) is 0. The van der Waals surface area contributed by atoms with Crippen molar-refractivity contribution in [2.24, 2.45) is 0 Å². The van der Waals surface area contributed by atoms with E-state index in [1.165, 1.54) is 33.4 Å². The lowest BCUT2D eigenvalue weighted by Crippen LogP contribution is -2.02. The van der Waals surface area contributed by atoms with Crippen molar-refractivity contribution in [1.29, 1.82) is 0 Å². The van der Waals surface area contributed by atoms with Gasteiger partial charge in [-0.2, -0.15) is 0 Å². The highest BCUT2D eigenvalue weighted by molar-refractivity contribution is 5.77. The predicted octanol–water partition coefficient (Wildman–Crippen LogP) is 5.23. The van der Waals surface area contributed by atoms with Crippen LogP contribution in [0.3, 0.4) is 0 Å². The number of hydrogen-bond donors (Lipinski definition) is 1. The predicted molar refractivity (Wildman–Crippen MR) is 103 cm³/mol. The van der Waals surface area contributed by atoms with Crippen molar-refractivity contribution in [1.82, 2.24) is 0 Å². The van der Waals surface area contributed by atoms with E-state index >= 15 is 0 Å². The van der Waals surface area contributed by atoms with Crippen molar-refractivity contribution >= 4 is 0 Å². The van der Waals surface area contributed by atoms with Crippen molar-refractivity contribution in [2.45, 2.75) is 20.0 Å². The normalized spacial score (nSPS) is 10.8. The maximum atomic E-state index is 8.93. The zero-order chi connectivity index (χ0) is 17.5. The minimum absolute atomic E-state index is 0.164. The van der Waals surface area contributed by atoms with Crippen LogP contribution in [0.2, 0.25) is 0 Å². The van der Waals surface area contributed by atoms with Crippen LogP contribution in [0, 0.1) is 6.92 Å². The lowest BCUT2D eigenvalue weighted by Gasteiger charge is -2.16. The Morgan fingerprint density at radius 1 is 0.800 bits per heavy atom. The maximum Gasteiger partial charge on any atom is 0.0725 e. The molecular weight excluding hydrogens is 308 g/mol. The number of hydrogen-bond acceptors (Lipinski definition) is 2. The van der Waals surface area contributed by atoms with Crippen LogP contribution in [0.15, 0.2) is 72.8 Å². The Labute approximate surface area is 149 Å². The minimum Gasteiger partial charge on any atom is -0.396 e. The van der Waals surface area contributed by atoms with E-state index in [1.807, 2.05) is 12.1 Å². The zero-order valence-electron chi connectivity index (χ0n) is 14.6. The molecule has 0 saturated heterocycles. The highest BCUT2D eigenvalue weighted by atomic mass is 16.5. The summed E-state index contributed by atoms with van der Waals surface area (Å²) < 4.78 is 5.79.